The summed E-state index contributed by atoms with van der Waals surface area (Å²) in [6.07, 6.45) is -1.16. The van der Waals surface area contributed by atoms with E-state index in [4.69, 9.17) is 4.98 Å². The van der Waals surface area contributed by atoms with Crippen molar-refractivity contribution in [2.45, 2.75) is 77.9 Å². The van der Waals surface area contributed by atoms with Crippen molar-refractivity contribution in [3.05, 3.63) is 52.2 Å². The molecule has 0 spiro atoms. The molecule has 9 nitrogen and oxygen atoms in total. The van der Waals surface area contributed by atoms with Crippen LogP contribution in [0.2, 0.25) is 0 Å². The number of hydrogen-bond donors (Lipinski definition) is 0. The Morgan fingerprint density at radius 2 is 1.88 bits per heavy atom. The molecule has 1 fully saturated rings. The lowest BCUT2D eigenvalue weighted by Crippen LogP contribution is -2.59. The predicted molar refractivity (Wildman–Crippen MR) is 152 cm³/mol. The van der Waals surface area contributed by atoms with Gasteiger partial charge in [0, 0.05) is 44.8 Å². The van der Waals surface area contributed by atoms with Crippen LogP contribution >= 0.6 is 0 Å². The van der Waals surface area contributed by atoms with Gasteiger partial charge in [0.15, 0.2) is 0 Å². The van der Waals surface area contributed by atoms with Gasteiger partial charge in [0.2, 0.25) is 0 Å². The first kappa shape index (κ1) is 28.7. The van der Waals surface area contributed by atoms with Crippen molar-refractivity contribution in [1.29, 1.82) is 5.26 Å². The molecule has 3 atom stereocenters. The van der Waals surface area contributed by atoms with E-state index in [2.05, 4.69) is 34.8 Å². The average molecular weight is 569 g/mol. The third kappa shape index (κ3) is 4.86. The number of alkyl halides is 3. The fourth-order valence-electron chi connectivity index (χ4n) is 6.29. The highest BCUT2D eigenvalue weighted by Gasteiger charge is 2.39. The number of para-hydroxylation sites is 1. The predicted octanol–water partition coefficient (Wildman–Crippen LogP) is 5.09. The van der Waals surface area contributed by atoms with E-state index < -0.39 is 11.7 Å². The maximum Gasteiger partial charge on any atom is 0.418 e. The molecule has 0 saturated carbocycles. The summed E-state index contributed by atoms with van der Waals surface area (Å²) in [5.41, 5.74) is 1.73. The van der Waals surface area contributed by atoms with Gasteiger partial charge >= 0.3 is 6.18 Å². The molecule has 5 rings (SSSR count). The zero-order chi connectivity index (χ0) is 29.6. The molecule has 1 aromatic carbocycles. The molecule has 41 heavy (non-hydrogen) atoms. The molecule has 3 aromatic heterocycles. The minimum atomic E-state index is -4.48. The molecule has 0 radical (unpaired) electrons. The number of aryl methyl sites for hydroxylation is 2. The Morgan fingerprint density at radius 3 is 2.51 bits per heavy atom. The van der Waals surface area contributed by atoms with Gasteiger partial charge in [0.05, 0.1) is 46.1 Å². The van der Waals surface area contributed by atoms with Gasteiger partial charge in [-0.1, -0.05) is 19.9 Å². The van der Waals surface area contributed by atoms with Gasteiger partial charge in [-0.05, 0) is 38.8 Å². The summed E-state index contributed by atoms with van der Waals surface area (Å²) >= 11 is 0. The monoisotopic (exact) mass is 568 g/mol. The van der Waals surface area contributed by atoms with Crippen molar-refractivity contribution in [2.24, 2.45) is 7.05 Å². The number of fused-ring (bicyclic) bond motifs is 2. The van der Waals surface area contributed by atoms with Crippen molar-refractivity contribution in [2.75, 3.05) is 18.0 Å². The zero-order valence-corrected chi connectivity index (χ0v) is 24.0. The third-order valence-electron chi connectivity index (χ3n) is 8.45. The number of piperazine rings is 1. The summed E-state index contributed by atoms with van der Waals surface area (Å²) in [7, 11) is 1.70. The van der Waals surface area contributed by atoms with Gasteiger partial charge in [-0.25, -0.2) is 4.98 Å². The SMILES string of the molecule is CC[C@H]1CN(C(C)c2nc3cccc(C(F)(F)F)c3n2CC)[C@H](CC)CN1c1cc(=O)n(C)c2cn(CC#N)nc12. The highest BCUT2D eigenvalue weighted by Crippen LogP contribution is 2.38. The lowest BCUT2D eigenvalue weighted by Gasteiger charge is -2.49. The van der Waals surface area contributed by atoms with Crippen LogP contribution in [0.15, 0.2) is 35.3 Å². The van der Waals surface area contributed by atoms with Crippen molar-refractivity contribution >= 4 is 27.8 Å². The smallest absolute Gasteiger partial charge is 0.364 e. The van der Waals surface area contributed by atoms with Crippen LogP contribution in [0.4, 0.5) is 18.9 Å². The summed E-state index contributed by atoms with van der Waals surface area (Å²) in [5, 5.41) is 13.8. The number of pyridine rings is 1. The van der Waals surface area contributed by atoms with E-state index in [0.717, 1.165) is 24.6 Å². The van der Waals surface area contributed by atoms with Crippen LogP contribution in [-0.4, -0.2) is 54.0 Å². The highest BCUT2D eigenvalue weighted by molar-refractivity contribution is 5.88. The van der Waals surface area contributed by atoms with Crippen LogP contribution in [0, 0.1) is 11.3 Å². The van der Waals surface area contributed by atoms with Crippen molar-refractivity contribution < 1.29 is 13.2 Å². The number of rotatable bonds is 7. The summed E-state index contributed by atoms with van der Waals surface area (Å²) in [6, 6.07) is 7.75. The molecular formula is C29H35F3N8O. The number of imidazole rings is 1. The summed E-state index contributed by atoms with van der Waals surface area (Å²) < 4.78 is 46.6. The molecule has 0 aliphatic carbocycles. The van der Waals surface area contributed by atoms with E-state index in [1.807, 2.05) is 13.8 Å². The Morgan fingerprint density at radius 1 is 1.15 bits per heavy atom. The number of nitrogens with zero attached hydrogens (tertiary/aromatic N) is 8. The standard InChI is InChI=1S/C29H35F3N8O/c1-6-19-16-40(23-14-25(41)36(5)24-17-37(13-12-33)35-26(23)24)20(7-2)15-39(19)18(4)28-34-22-11-9-10-21(29(30,31)32)27(22)38(28)8-3/h9-11,14,17-20H,6-8,13,15-16H2,1-5H3/t18?,19-,20+/m1/s1. The lowest BCUT2D eigenvalue weighted by molar-refractivity contribution is -0.136. The highest BCUT2D eigenvalue weighted by atomic mass is 19.4. The van der Waals surface area contributed by atoms with Crippen molar-refractivity contribution in [3.8, 4) is 6.07 Å². The van der Waals surface area contributed by atoms with Crippen LogP contribution in [0.5, 0.6) is 0 Å². The van der Waals surface area contributed by atoms with E-state index >= 15 is 0 Å². The second-order valence-corrected chi connectivity index (χ2v) is 10.7. The first-order chi connectivity index (χ1) is 19.5. The van der Waals surface area contributed by atoms with Gasteiger partial charge in [-0.3, -0.25) is 14.4 Å². The Labute approximate surface area is 236 Å². The third-order valence-corrected chi connectivity index (χ3v) is 8.45. The Bertz CT molecular complexity index is 1680. The average Bonchev–Trinajstić information content (AvgIpc) is 3.55. The van der Waals surface area contributed by atoms with Crippen LogP contribution in [0.3, 0.4) is 0 Å². The molecule has 0 amide bonds. The number of halogens is 3. The van der Waals surface area contributed by atoms with Gasteiger partial charge in [-0.2, -0.15) is 23.5 Å². The molecule has 1 aliphatic heterocycles. The molecule has 4 aromatic rings. The summed E-state index contributed by atoms with van der Waals surface area (Å²) in [6.45, 7) is 9.77. The van der Waals surface area contributed by atoms with E-state index in [-0.39, 0.29) is 35.7 Å². The number of benzene rings is 1. The lowest BCUT2D eigenvalue weighted by atomic mass is 9.99. The molecule has 1 saturated heterocycles. The molecular weight excluding hydrogens is 533 g/mol. The molecule has 12 heteroatoms. The Kier molecular flexibility index (Phi) is 7.59. The van der Waals surface area contributed by atoms with Crippen LogP contribution < -0.4 is 10.5 Å². The molecule has 4 heterocycles. The number of anilines is 1. The second-order valence-electron chi connectivity index (χ2n) is 10.7. The van der Waals surface area contributed by atoms with E-state index in [1.54, 1.807) is 39.2 Å². The largest absolute Gasteiger partial charge is 0.418 e. The quantitative estimate of drug-likeness (QED) is 0.309. The Balaban J connectivity index is 1.55. The zero-order valence-electron chi connectivity index (χ0n) is 24.0. The summed E-state index contributed by atoms with van der Waals surface area (Å²) in [5.74, 6) is 0.618. The van der Waals surface area contributed by atoms with Gasteiger partial charge in [0.25, 0.3) is 5.56 Å². The molecule has 0 N–H and O–H groups in total. The van der Waals surface area contributed by atoms with Crippen LogP contribution in [0.25, 0.3) is 22.1 Å². The van der Waals surface area contributed by atoms with Crippen LogP contribution in [-0.2, 0) is 26.3 Å². The maximum atomic E-state index is 13.9. The topological polar surface area (TPSA) is 87.9 Å². The maximum absolute atomic E-state index is 13.9. The van der Waals surface area contributed by atoms with Crippen LogP contribution in [0.1, 0.15) is 58.0 Å². The first-order valence-corrected chi connectivity index (χ1v) is 14.1. The molecule has 1 aliphatic rings. The second kappa shape index (κ2) is 10.9. The van der Waals surface area contributed by atoms with E-state index in [1.165, 1.54) is 6.07 Å². The molecule has 0 bridgehead atoms. The van der Waals surface area contributed by atoms with Crippen molar-refractivity contribution in [1.82, 2.24) is 28.8 Å². The number of hydrogen-bond acceptors (Lipinski definition) is 6. The van der Waals surface area contributed by atoms with Gasteiger partial charge < -0.3 is 14.0 Å². The minimum absolute atomic E-state index is 0.0295. The normalized spacial score (nSPS) is 19.2. The Hall–Kier alpha value is -3.85. The molecule has 218 valence electrons. The van der Waals surface area contributed by atoms with Crippen molar-refractivity contribution in [3.63, 3.8) is 0 Å². The number of nitriles is 1. The summed E-state index contributed by atoms with van der Waals surface area (Å²) in [4.78, 5) is 22.3. The van der Waals surface area contributed by atoms with E-state index in [9.17, 15) is 23.2 Å². The minimum Gasteiger partial charge on any atom is -0.364 e. The van der Waals surface area contributed by atoms with E-state index in [0.29, 0.717) is 42.0 Å². The fraction of sp³-hybridized carbons (Fsp3) is 0.517. The first-order valence-electron chi connectivity index (χ1n) is 14.1. The molecule has 1 unspecified atom stereocenters. The number of aromatic nitrogens is 5. The van der Waals surface area contributed by atoms with Gasteiger partial charge in [0.1, 0.15) is 17.9 Å². The van der Waals surface area contributed by atoms with Gasteiger partial charge in [-0.15, -0.1) is 0 Å². The fourth-order valence-corrected chi connectivity index (χ4v) is 6.29.